The molecule has 19 heteroatoms. The summed E-state index contributed by atoms with van der Waals surface area (Å²) in [6, 6.07) is 0. The van der Waals surface area contributed by atoms with Crippen LogP contribution in [0, 0.1) is 17.8 Å². The first-order valence-electron chi connectivity index (χ1n) is 33.9. The van der Waals surface area contributed by atoms with Gasteiger partial charge in [-0.1, -0.05) is 267 Å². The zero-order chi connectivity index (χ0) is 62.4. The van der Waals surface area contributed by atoms with Gasteiger partial charge in [0.2, 0.25) is 0 Å². The summed E-state index contributed by atoms with van der Waals surface area (Å²) in [4.78, 5) is 72.3. The van der Waals surface area contributed by atoms with Crippen molar-refractivity contribution < 1.29 is 80.2 Å². The Hall–Kier alpha value is -1.94. The molecule has 0 aromatic rings. The predicted molar refractivity (Wildman–Crippen MR) is 335 cm³/mol. The van der Waals surface area contributed by atoms with Crippen molar-refractivity contribution >= 4 is 39.5 Å². The zero-order valence-corrected chi connectivity index (χ0v) is 56.1. The molecule has 0 aliphatic rings. The molecule has 0 aliphatic heterocycles. The Bertz CT molecular complexity index is 1670. The van der Waals surface area contributed by atoms with Crippen molar-refractivity contribution in [2.75, 3.05) is 39.6 Å². The number of hydrogen-bond acceptors (Lipinski definition) is 15. The Labute approximate surface area is 511 Å². The Morgan fingerprint density at radius 1 is 0.345 bits per heavy atom. The highest BCUT2D eigenvalue weighted by molar-refractivity contribution is 7.47. The van der Waals surface area contributed by atoms with Crippen molar-refractivity contribution in [1.29, 1.82) is 0 Å². The number of carbonyl (C=O) groups is 4. The van der Waals surface area contributed by atoms with Crippen LogP contribution in [0.5, 0.6) is 0 Å². The van der Waals surface area contributed by atoms with Gasteiger partial charge in [0.25, 0.3) is 0 Å². The van der Waals surface area contributed by atoms with Gasteiger partial charge >= 0.3 is 39.5 Å². The molecule has 17 nitrogen and oxygen atoms in total. The quantitative estimate of drug-likeness (QED) is 0.0222. The minimum absolute atomic E-state index is 0.104. The van der Waals surface area contributed by atoms with Crippen LogP contribution in [0.1, 0.15) is 318 Å². The van der Waals surface area contributed by atoms with Gasteiger partial charge in [0.15, 0.2) is 12.2 Å². The number of esters is 4. The first-order valence-corrected chi connectivity index (χ1v) is 36.9. The van der Waals surface area contributed by atoms with E-state index in [2.05, 4.69) is 48.5 Å². The molecule has 0 saturated carbocycles. The second kappa shape index (κ2) is 56.3. The molecule has 6 atom stereocenters. The summed E-state index contributed by atoms with van der Waals surface area (Å²) in [5.41, 5.74) is 0. The van der Waals surface area contributed by atoms with Crippen LogP contribution in [-0.2, 0) is 65.4 Å². The van der Waals surface area contributed by atoms with Gasteiger partial charge in [-0.05, 0) is 43.4 Å². The summed E-state index contributed by atoms with van der Waals surface area (Å²) < 4.78 is 68.0. The molecule has 0 aromatic carbocycles. The molecule has 0 bridgehead atoms. The molecule has 0 rings (SSSR count). The van der Waals surface area contributed by atoms with E-state index in [9.17, 15) is 43.2 Å². The number of aliphatic hydroxyl groups is 1. The topological polar surface area (TPSA) is 237 Å². The SMILES string of the molecule is CCCCCCCCCCCCC(=O)OC[C@H](COP(=O)(O)OC[C@H](O)COP(=O)(O)OC[C@@H](COC(=O)CCCCCCCCCCC(C)C)OC(=O)CCCCCCCCCCC(C)CC)OC(=O)CCCCCCCCCCC(C)C. The third-order valence-electron chi connectivity index (χ3n) is 15.2. The molecular formula is C65H126O17P2. The molecular weight excluding hydrogens is 1110 g/mol. The molecule has 0 amide bonds. The summed E-state index contributed by atoms with van der Waals surface area (Å²) in [5, 5.41) is 10.5. The van der Waals surface area contributed by atoms with E-state index in [0.717, 1.165) is 108 Å². The van der Waals surface area contributed by atoms with Crippen molar-refractivity contribution in [3.8, 4) is 0 Å². The lowest BCUT2D eigenvalue weighted by molar-refractivity contribution is -0.161. The highest BCUT2D eigenvalue weighted by atomic mass is 31.2. The van der Waals surface area contributed by atoms with E-state index >= 15 is 0 Å². The van der Waals surface area contributed by atoms with Crippen LogP contribution in [0.25, 0.3) is 0 Å². The standard InChI is InChI=1S/C65H126O17P2/c1-8-10-11-12-13-14-15-25-32-39-46-62(67)75-52-60(81-64(69)48-41-34-27-20-17-23-30-37-44-57(5)6)54-79-83(71,72)77-50-59(66)51-78-84(73,74)80-55-61(53-76-63(68)47-40-33-26-19-16-22-29-36-43-56(3)4)82-65(70)49-42-35-28-21-18-24-31-38-45-58(7)9-2/h56-61,66H,8-55H2,1-7H3,(H,71,72)(H,73,74)/t58?,59-,60+,61+/m0/s1. The lowest BCUT2D eigenvalue weighted by atomic mass is 9.99. The number of phosphoric acid groups is 2. The largest absolute Gasteiger partial charge is 0.472 e. The number of rotatable bonds is 63. The smallest absolute Gasteiger partial charge is 0.462 e. The molecule has 0 spiro atoms. The molecule has 3 N–H and O–H groups in total. The number of hydrogen-bond donors (Lipinski definition) is 3. The molecule has 0 aromatic heterocycles. The lowest BCUT2D eigenvalue weighted by Crippen LogP contribution is -2.30. The maximum atomic E-state index is 13.0. The van der Waals surface area contributed by atoms with E-state index in [1.54, 1.807) is 0 Å². The number of aliphatic hydroxyl groups excluding tert-OH is 1. The minimum Gasteiger partial charge on any atom is -0.462 e. The molecule has 0 fully saturated rings. The van der Waals surface area contributed by atoms with Crippen LogP contribution in [0.3, 0.4) is 0 Å². The fourth-order valence-electron chi connectivity index (χ4n) is 9.62. The summed E-state index contributed by atoms with van der Waals surface area (Å²) >= 11 is 0. The number of ether oxygens (including phenoxy) is 4. The molecule has 0 heterocycles. The Balaban J connectivity index is 5.26. The van der Waals surface area contributed by atoms with Gasteiger partial charge in [-0.3, -0.25) is 37.3 Å². The van der Waals surface area contributed by atoms with Crippen molar-refractivity contribution in [2.24, 2.45) is 17.8 Å². The van der Waals surface area contributed by atoms with Crippen LogP contribution in [0.4, 0.5) is 0 Å². The predicted octanol–water partition coefficient (Wildman–Crippen LogP) is 17.9. The lowest BCUT2D eigenvalue weighted by Gasteiger charge is -2.21. The third kappa shape index (κ3) is 57.8. The molecule has 0 aliphatic carbocycles. The van der Waals surface area contributed by atoms with Crippen molar-refractivity contribution in [3.63, 3.8) is 0 Å². The van der Waals surface area contributed by atoms with Crippen LogP contribution in [-0.4, -0.2) is 96.7 Å². The zero-order valence-electron chi connectivity index (χ0n) is 54.4. The maximum Gasteiger partial charge on any atom is 0.472 e. The summed E-state index contributed by atoms with van der Waals surface area (Å²) in [7, 11) is -9.89. The van der Waals surface area contributed by atoms with Crippen LogP contribution in [0.15, 0.2) is 0 Å². The summed E-state index contributed by atoms with van der Waals surface area (Å²) in [5.74, 6) is 0.0774. The Morgan fingerprint density at radius 2 is 0.607 bits per heavy atom. The van der Waals surface area contributed by atoms with Gasteiger partial charge in [-0.25, -0.2) is 9.13 Å². The fourth-order valence-corrected chi connectivity index (χ4v) is 11.2. The molecule has 3 unspecified atom stereocenters. The van der Waals surface area contributed by atoms with Gasteiger partial charge in [0, 0.05) is 25.7 Å². The van der Waals surface area contributed by atoms with Gasteiger partial charge < -0.3 is 33.8 Å². The monoisotopic (exact) mass is 1240 g/mol. The Morgan fingerprint density at radius 3 is 0.905 bits per heavy atom. The van der Waals surface area contributed by atoms with E-state index in [1.165, 1.54) is 128 Å². The van der Waals surface area contributed by atoms with Crippen LogP contribution in [0.2, 0.25) is 0 Å². The van der Waals surface area contributed by atoms with Gasteiger partial charge in [0.1, 0.15) is 19.3 Å². The summed E-state index contributed by atoms with van der Waals surface area (Å²) in [6.45, 7) is 11.7. The van der Waals surface area contributed by atoms with E-state index in [-0.39, 0.29) is 25.7 Å². The fraction of sp³-hybridized carbons (Fsp3) is 0.938. The number of unbranched alkanes of at least 4 members (excludes halogenated alkanes) is 30. The Kier molecular flexibility index (Phi) is 55.0. The first kappa shape index (κ1) is 82.1. The average Bonchev–Trinajstić information content (AvgIpc) is 3.49. The second-order valence-electron chi connectivity index (χ2n) is 24.7. The van der Waals surface area contributed by atoms with Gasteiger partial charge in [-0.2, -0.15) is 0 Å². The van der Waals surface area contributed by atoms with E-state index in [0.29, 0.717) is 25.7 Å². The number of carbonyl (C=O) groups excluding carboxylic acids is 4. The van der Waals surface area contributed by atoms with Crippen molar-refractivity contribution in [1.82, 2.24) is 0 Å². The highest BCUT2D eigenvalue weighted by Gasteiger charge is 2.30. The molecule has 84 heavy (non-hydrogen) atoms. The maximum absolute atomic E-state index is 13.0. The molecule has 498 valence electrons. The number of phosphoric ester groups is 2. The van der Waals surface area contributed by atoms with Crippen molar-refractivity contribution in [2.45, 2.75) is 336 Å². The first-order chi connectivity index (χ1) is 40.3. The van der Waals surface area contributed by atoms with Crippen LogP contribution >= 0.6 is 15.6 Å². The summed E-state index contributed by atoms with van der Waals surface area (Å²) in [6.07, 6.45) is 37.5. The third-order valence-corrected chi connectivity index (χ3v) is 17.1. The average molecular weight is 1240 g/mol. The minimum atomic E-state index is -4.95. The van der Waals surface area contributed by atoms with E-state index < -0.39 is 97.5 Å². The van der Waals surface area contributed by atoms with Crippen molar-refractivity contribution in [3.05, 3.63) is 0 Å². The van der Waals surface area contributed by atoms with E-state index in [4.69, 9.17) is 37.0 Å². The molecule has 0 radical (unpaired) electrons. The highest BCUT2D eigenvalue weighted by Crippen LogP contribution is 2.45. The van der Waals surface area contributed by atoms with Crippen LogP contribution < -0.4 is 0 Å². The van der Waals surface area contributed by atoms with Gasteiger partial charge in [0.05, 0.1) is 26.4 Å². The van der Waals surface area contributed by atoms with E-state index in [1.807, 2.05) is 0 Å². The second-order valence-corrected chi connectivity index (χ2v) is 27.6. The normalized spacial score (nSPS) is 14.7. The van der Waals surface area contributed by atoms with Gasteiger partial charge in [-0.15, -0.1) is 0 Å². The molecule has 0 saturated heterocycles.